The predicted octanol–water partition coefficient (Wildman–Crippen LogP) is 0.0744. The van der Waals surface area contributed by atoms with Crippen molar-refractivity contribution in [1.29, 1.82) is 0 Å². The van der Waals surface area contributed by atoms with Gasteiger partial charge >= 0.3 is 11.7 Å². The molecule has 0 aliphatic carbocycles. The standard InChI is InChI=1S/C10H18O4.C4H5N3O/c1-5-6(2)14-10(9(5)12)7(3)13-8(4)11;5-3-1-2-6-4(8)7-3/h5-7,9-10,12H,1-4H3;1-2H,(H3,5,6,7,8)/t5-,6+,7+,9?,10?;/m1./s1. The summed E-state index contributed by atoms with van der Waals surface area (Å²) in [6.45, 7) is 6.93. The maximum Gasteiger partial charge on any atom is 0.346 e. The van der Waals surface area contributed by atoms with E-state index < -0.39 is 24.0 Å². The van der Waals surface area contributed by atoms with E-state index in [1.165, 1.54) is 19.2 Å². The third kappa shape index (κ3) is 5.12. The summed E-state index contributed by atoms with van der Waals surface area (Å²) >= 11 is 0. The number of esters is 1. The van der Waals surface area contributed by atoms with E-state index in [-0.39, 0.29) is 18.0 Å². The van der Waals surface area contributed by atoms with Crippen LogP contribution in [0.5, 0.6) is 0 Å². The van der Waals surface area contributed by atoms with E-state index in [0.717, 1.165) is 0 Å². The molecule has 124 valence electrons. The molecule has 0 aromatic carbocycles. The molecule has 1 aromatic rings. The first-order valence-corrected chi connectivity index (χ1v) is 7.04. The van der Waals surface area contributed by atoms with E-state index in [1.807, 2.05) is 13.8 Å². The number of H-pyrrole nitrogens is 1. The highest BCUT2D eigenvalue weighted by atomic mass is 16.6. The van der Waals surface area contributed by atoms with Gasteiger partial charge in [0, 0.05) is 19.0 Å². The fourth-order valence-electron chi connectivity index (χ4n) is 2.13. The number of hydrogen-bond acceptors (Lipinski definition) is 7. The topological polar surface area (TPSA) is 128 Å². The van der Waals surface area contributed by atoms with Gasteiger partial charge in [-0.15, -0.1) is 0 Å². The molecule has 2 rings (SSSR count). The number of nitrogen functional groups attached to an aromatic ring is 1. The summed E-state index contributed by atoms with van der Waals surface area (Å²) in [5.74, 6) is 0.0727. The number of nitrogens with two attached hydrogens (primary N) is 1. The molecule has 8 nitrogen and oxygen atoms in total. The highest BCUT2D eigenvalue weighted by Gasteiger charge is 2.42. The summed E-state index contributed by atoms with van der Waals surface area (Å²) in [6, 6.07) is 1.52. The molecule has 1 aliphatic rings. The Bertz CT molecular complexity index is 547. The molecule has 0 bridgehead atoms. The molecule has 0 spiro atoms. The third-order valence-corrected chi connectivity index (χ3v) is 3.50. The number of aliphatic hydroxyl groups excluding tert-OH is 1. The van der Waals surface area contributed by atoms with Gasteiger partial charge in [-0.1, -0.05) is 6.92 Å². The van der Waals surface area contributed by atoms with Gasteiger partial charge in [-0.25, -0.2) is 9.78 Å². The number of hydrogen-bond donors (Lipinski definition) is 3. The van der Waals surface area contributed by atoms with Crippen molar-refractivity contribution < 1.29 is 19.4 Å². The highest BCUT2D eigenvalue weighted by Crippen LogP contribution is 2.29. The Morgan fingerprint density at radius 2 is 2.18 bits per heavy atom. The molecule has 5 atom stereocenters. The zero-order chi connectivity index (χ0) is 16.9. The molecule has 8 heteroatoms. The quantitative estimate of drug-likeness (QED) is 0.659. The van der Waals surface area contributed by atoms with E-state index >= 15 is 0 Å². The molecule has 4 N–H and O–H groups in total. The van der Waals surface area contributed by atoms with Crippen molar-refractivity contribution >= 4 is 11.8 Å². The molecule has 1 aromatic heterocycles. The van der Waals surface area contributed by atoms with E-state index in [1.54, 1.807) is 6.92 Å². The summed E-state index contributed by atoms with van der Waals surface area (Å²) in [7, 11) is 0. The van der Waals surface area contributed by atoms with E-state index in [9.17, 15) is 14.7 Å². The smallest absolute Gasteiger partial charge is 0.346 e. The minimum absolute atomic E-state index is 0.00741. The Morgan fingerprint density at radius 1 is 1.55 bits per heavy atom. The molecule has 1 saturated heterocycles. The third-order valence-electron chi connectivity index (χ3n) is 3.50. The number of ether oxygens (including phenoxy) is 2. The molecule has 1 aliphatic heterocycles. The lowest BCUT2D eigenvalue weighted by Crippen LogP contribution is -2.37. The first-order chi connectivity index (χ1) is 10.2. The number of aliphatic hydroxyl groups is 1. The monoisotopic (exact) mass is 313 g/mol. The predicted molar refractivity (Wildman–Crippen MR) is 80.0 cm³/mol. The van der Waals surface area contributed by atoms with Gasteiger partial charge in [-0.2, -0.15) is 0 Å². The fourth-order valence-corrected chi connectivity index (χ4v) is 2.13. The van der Waals surface area contributed by atoms with Crippen molar-refractivity contribution in [2.75, 3.05) is 5.73 Å². The van der Waals surface area contributed by atoms with Crippen LogP contribution < -0.4 is 11.4 Å². The molecular formula is C14H23N3O5. The fraction of sp³-hybridized carbons (Fsp3) is 0.643. The summed E-state index contributed by atoms with van der Waals surface area (Å²) in [4.78, 5) is 26.6. The zero-order valence-corrected chi connectivity index (χ0v) is 13.1. The lowest BCUT2D eigenvalue weighted by atomic mass is 9.97. The minimum Gasteiger partial charge on any atom is -0.460 e. The number of rotatable bonds is 2. The van der Waals surface area contributed by atoms with Gasteiger partial charge in [0.25, 0.3) is 0 Å². The van der Waals surface area contributed by atoms with E-state index in [2.05, 4.69) is 9.97 Å². The van der Waals surface area contributed by atoms with Crippen LogP contribution in [0.1, 0.15) is 27.7 Å². The Hall–Kier alpha value is -1.93. The van der Waals surface area contributed by atoms with Crippen LogP contribution in [-0.4, -0.2) is 45.5 Å². The maximum atomic E-state index is 10.7. The van der Waals surface area contributed by atoms with Gasteiger partial charge in [0.05, 0.1) is 12.2 Å². The second-order valence-electron chi connectivity index (χ2n) is 5.30. The van der Waals surface area contributed by atoms with Crippen LogP contribution in [-0.2, 0) is 14.3 Å². The number of carbonyl (C=O) groups excluding carboxylic acids is 1. The molecule has 22 heavy (non-hydrogen) atoms. The molecule has 0 radical (unpaired) electrons. The van der Waals surface area contributed by atoms with Crippen LogP contribution in [0.25, 0.3) is 0 Å². The van der Waals surface area contributed by atoms with Gasteiger partial charge in [0.2, 0.25) is 0 Å². The lowest BCUT2D eigenvalue weighted by molar-refractivity contribution is -0.155. The van der Waals surface area contributed by atoms with Crippen molar-refractivity contribution in [1.82, 2.24) is 9.97 Å². The number of nitrogens with zero attached hydrogens (tertiary/aromatic N) is 1. The van der Waals surface area contributed by atoms with Gasteiger partial charge in [0.1, 0.15) is 18.0 Å². The lowest BCUT2D eigenvalue weighted by Gasteiger charge is -2.21. The second-order valence-corrected chi connectivity index (χ2v) is 5.30. The van der Waals surface area contributed by atoms with Crippen LogP contribution >= 0.6 is 0 Å². The first-order valence-electron chi connectivity index (χ1n) is 7.04. The van der Waals surface area contributed by atoms with Crippen molar-refractivity contribution in [2.45, 2.75) is 52.1 Å². The van der Waals surface area contributed by atoms with Gasteiger partial charge in [-0.3, -0.25) is 9.78 Å². The van der Waals surface area contributed by atoms with Crippen LogP contribution in [0.2, 0.25) is 0 Å². The molecular weight excluding hydrogens is 290 g/mol. The second kappa shape index (κ2) is 7.90. The normalized spacial score (nSPS) is 28.4. The zero-order valence-electron chi connectivity index (χ0n) is 13.1. The summed E-state index contributed by atoms with van der Waals surface area (Å²) in [5.41, 5.74) is 4.75. The van der Waals surface area contributed by atoms with E-state index in [0.29, 0.717) is 5.82 Å². The number of nitrogens with one attached hydrogen (secondary N) is 1. The summed E-state index contributed by atoms with van der Waals surface area (Å²) < 4.78 is 10.5. The summed E-state index contributed by atoms with van der Waals surface area (Å²) in [6.07, 6.45) is 0.0138. The Balaban J connectivity index is 0.000000255. The van der Waals surface area contributed by atoms with Crippen LogP contribution in [0.3, 0.4) is 0 Å². The van der Waals surface area contributed by atoms with Gasteiger partial charge in [0.15, 0.2) is 0 Å². The number of anilines is 1. The molecule has 2 unspecified atom stereocenters. The Morgan fingerprint density at radius 3 is 2.55 bits per heavy atom. The van der Waals surface area contributed by atoms with Gasteiger partial charge in [-0.05, 0) is 19.9 Å². The van der Waals surface area contributed by atoms with Crippen LogP contribution in [0.4, 0.5) is 5.82 Å². The SMILES string of the molecule is CC(=O)O[C@@H](C)C1O[C@@H](C)[C@@H](C)C1O.Nc1ccnc(=O)[nH]1. The van der Waals surface area contributed by atoms with Crippen molar-refractivity contribution in [2.24, 2.45) is 5.92 Å². The number of carbonyl (C=O) groups is 1. The number of aromatic amines is 1. The maximum absolute atomic E-state index is 10.7. The first kappa shape index (κ1) is 18.1. The highest BCUT2D eigenvalue weighted by molar-refractivity contribution is 5.66. The number of aromatic nitrogens is 2. The minimum atomic E-state index is -0.556. The molecule has 0 amide bonds. The average Bonchev–Trinajstić information content (AvgIpc) is 2.66. The van der Waals surface area contributed by atoms with Crippen molar-refractivity contribution in [3.63, 3.8) is 0 Å². The summed E-state index contributed by atoms with van der Waals surface area (Å²) in [5, 5.41) is 9.79. The molecule has 1 fully saturated rings. The van der Waals surface area contributed by atoms with Crippen molar-refractivity contribution in [3.05, 3.63) is 22.7 Å². The van der Waals surface area contributed by atoms with Crippen LogP contribution in [0, 0.1) is 5.92 Å². The molecule has 0 saturated carbocycles. The Kier molecular flexibility index (Phi) is 6.51. The van der Waals surface area contributed by atoms with Crippen molar-refractivity contribution in [3.8, 4) is 0 Å². The van der Waals surface area contributed by atoms with Crippen LogP contribution in [0.15, 0.2) is 17.1 Å². The largest absolute Gasteiger partial charge is 0.460 e. The Labute approximate surface area is 128 Å². The van der Waals surface area contributed by atoms with E-state index in [4.69, 9.17) is 15.2 Å². The average molecular weight is 313 g/mol. The van der Waals surface area contributed by atoms with Gasteiger partial charge < -0.3 is 20.3 Å². The molecule has 2 heterocycles.